The molecule has 0 spiro atoms. The third kappa shape index (κ3) is 7.00. The summed E-state index contributed by atoms with van der Waals surface area (Å²) >= 11 is 3.38. The predicted molar refractivity (Wildman–Crippen MR) is 133 cm³/mol. The van der Waals surface area contributed by atoms with Gasteiger partial charge in [-0.2, -0.15) is 0 Å². The highest BCUT2D eigenvalue weighted by atomic mass is 79.9. The number of rotatable bonds is 10. The molecule has 0 aromatic heterocycles. The van der Waals surface area contributed by atoms with E-state index in [0.29, 0.717) is 12.1 Å². The minimum Gasteiger partial charge on any atom is -0.355 e. The maximum atomic E-state index is 13.4. The summed E-state index contributed by atoms with van der Waals surface area (Å²) in [6, 6.07) is 10.1. The van der Waals surface area contributed by atoms with Crippen LogP contribution in [0.3, 0.4) is 0 Å². The molecule has 0 fully saturated rings. The summed E-state index contributed by atoms with van der Waals surface area (Å²) in [5.74, 6) is -1.02. The largest absolute Gasteiger partial charge is 0.355 e. The number of nitrogens with one attached hydrogen (secondary N) is 1. The molecule has 0 aliphatic rings. The lowest BCUT2D eigenvalue weighted by Gasteiger charge is -2.31. The van der Waals surface area contributed by atoms with Crippen molar-refractivity contribution in [2.45, 2.75) is 33.4 Å². The number of aryl methyl sites for hydroxylation is 1. The van der Waals surface area contributed by atoms with Gasteiger partial charge >= 0.3 is 0 Å². The van der Waals surface area contributed by atoms with E-state index in [1.54, 1.807) is 39.0 Å². The first-order valence-corrected chi connectivity index (χ1v) is 13.0. The van der Waals surface area contributed by atoms with Gasteiger partial charge in [0.1, 0.15) is 12.6 Å². The SMILES string of the molecule is CCNC(=O)C(C)N(Cc1cccc(Br)c1)C(=O)CN(c1cc([N+](=O)[O-])ccc1C)S(C)(=O)=O. The van der Waals surface area contributed by atoms with Gasteiger partial charge in [-0.1, -0.05) is 34.1 Å². The van der Waals surface area contributed by atoms with E-state index in [1.165, 1.54) is 17.0 Å². The Morgan fingerprint density at radius 1 is 1.21 bits per heavy atom. The molecule has 1 atom stereocenters. The summed E-state index contributed by atoms with van der Waals surface area (Å²) in [5.41, 5.74) is 0.900. The molecule has 2 aromatic carbocycles. The van der Waals surface area contributed by atoms with Crippen LogP contribution in [0.25, 0.3) is 0 Å². The summed E-state index contributed by atoms with van der Waals surface area (Å²) in [4.78, 5) is 37.9. The lowest BCUT2D eigenvalue weighted by atomic mass is 10.1. The molecule has 184 valence electrons. The molecule has 1 unspecified atom stereocenters. The Balaban J connectivity index is 2.48. The first kappa shape index (κ1) is 27.3. The van der Waals surface area contributed by atoms with E-state index in [9.17, 15) is 28.1 Å². The van der Waals surface area contributed by atoms with E-state index < -0.39 is 33.4 Å². The molecule has 34 heavy (non-hydrogen) atoms. The Morgan fingerprint density at radius 2 is 1.88 bits per heavy atom. The summed E-state index contributed by atoms with van der Waals surface area (Å²) < 4.78 is 26.9. The van der Waals surface area contributed by atoms with Crippen LogP contribution >= 0.6 is 15.9 Å². The molecule has 0 saturated heterocycles. The van der Waals surface area contributed by atoms with Crippen LogP contribution in [0.2, 0.25) is 0 Å². The number of anilines is 1. The van der Waals surface area contributed by atoms with Crippen LogP contribution in [0, 0.1) is 17.0 Å². The number of hydrogen-bond acceptors (Lipinski definition) is 6. The molecule has 0 bridgehead atoms. The second-order valence-corrected chi connectivity index (χ2v) is 10.5. The molecule has 0 heterocycles. The van der Waals surface area contributed by atoms with Gasteiger partial charge in [0.25, 0.3) is 5.69 Å². The number of likely N-dealkylation sites (N-methyl/N-ethyl adjacent to an activating group) is 1. The molecule has 12 heteroatoms. The fraction of sp³-hybridized carbons (Fsp3) is 0.364. The normalized spacial score (nSPS) is 12.0. The average Bonchev–Trinajstić information content (AvgIpc) is 2.75. The maximum absolute atomic E-state index is 13.4. The first-order chi connectivity index (χ1) is 15.8. The number of nitro benzene ring substituents is 1. The number of carbonyl (C=O) groups excluding carboxylic acids is 2. The van der Waals surface area contributed by atoms with Gasteiger partial charge in [0.15, 0.2) is 0 Å². The van der Waals surface area contributed by atoms with Gasteiger partial charge in [-0.25, -0.2) is 8.42 Å². The van der Waals surface area contributed by atoms with E-state index in [1.807, 2.05) is 6.07 Å². The highest BCUT2D eigenvalue weighted by Crippen LogP contribution is 2.28. The minimum absolute atomic E-state index is 0.0260. The van der Waals surface area contributed by atoms with Crippen LogP contribution in [0.5, 0.6) is 0 Å². The van der Waals surface area contributed by atoms with Crippen molar-refractivity contribution in [1.82, 2.24) is 10.2 Å². The molecule has 2 amide bonds. The van der Waals surface area contributed by atoms with Gasteiger partial charge < -0.3 is 10.2 Å². The zero-order valence-corrected chi connectivity index (χ0v) is 21.7. The van der Waals surface area contributed by atoms with Crippen molar-refractivity contribution >= 4 is 49.1 Å². The smallest absolute Gasteiger partial charge is 0.271 e. The molecular weight excluding hydrogens is 528 g/mol. The van der Waals surface area contributed by atoms with Crippen molar-refractivity contribution in [3.8, 4) is 0 Å². The molecule has 0 radical (unpaired) electrons. The summed E-state index contributed by atoms with van der Waals surface area (Å²) in [5, 5.41) is 13.9. The number of sulfonamides is 1. The van der Waals surface area contributed by atoms with Gasteiger partial charge in [0.2, 0.25) is 21.8 Å². The lowest BCUT2D eigenvalue weighted by molar-refractivity contribution is -0.384. The lowest BCUT2D eigenvalue weighted by Crippen LogP contribution is -2.51. The third-order valence-electron chi connectivity index (χ3n) is 5.11. The Labute approximate surface area is 207 Å². The van der Waals surface area contributed by atoms with Gasteiger partial charge in [0.05, 0.1) is 16.9 Å². The summed E-state index contributed by atoms with van der Waals surface area (Å²) in [6.45, 7) is 4.70. The number of non-ortho nitro benzene ring substituents is 1. The number of hydrogen-bond donors (Lipinski definition) is 1. The van der Waals surface area contributed by atoms with Gasteiger partial charge in [-0.15, -0.1) is 0 Å². The molecule has 0 aliphatic heterocycles. The van der Waals surface area contributed by atoms with Crippen LogP contribution in [0.15, 0.2) is 46.9 Å². The second-order valence-electron chi connectivity index (χ2n) is 7.72. The van der Waals surface area contributed by atoms with Crippen molar-refractivity contribution in [2.75, 3.05) is 23.7 Å². The quantitative estimate of drug-likeness (QED) is 0.355. The van der Waals surface area contributed by atoms with Crippen molar-refractivity contribution < 1.29 is 22.9 Å². The van der Waals surface area contributed by atoms with E-state index >= 15 is 0 Å². The number of carbonyl (C=O) groups is 2. The molecule has 2 rings (SSSR count). The zero-order chi connectivity index (χ0) is 25.6. The molecular formula is C22H27BrN4O6S. The molecule has 0 aliphatic carbocycles. The number of amides is 2. The highest BCUT2D eigenvalue weighted by Gasteiger charge is 2.31. The Hall–Kier alpha value is -2.99. The maximum Gasteiger partial charge on any atom is 0.271 e. The van der Waals surface area contributed by atoms with Crippen LogP contribution in [-0.4, -0.2) is 55.4 Å². The van der Waals surface area contributed by atoms with Crippen LogP contribution in [-0.2, 0) is 26.2 Å². The number of halogens is 1. The average molecular weight is 555 g/mol. The Bertz CT molecular complexity index is 1190. The standard InChI is InChI=1S/C22H27BrN4O6S/c1-5-24-22(29)16(3)25(13-17-7-6-8-18(23)11-17)21(28)14-26(34(4,32)33)20-12-19(27(30)31)10-9-15(20)2/h6-12,16H,5,13-14H2,1-4H3,(H,24,29). The van der Waals surface area contributed by atoms with Crippen molar-refractivity contribution in [3.05, 3.63) is 68.2 Å². The summed E-state index contributed by atoms with van der Waals surface area (Å²) in [6.07, 6.45) is 0.921. The number of nitrogens with zero attached hydrogens (tertiary/aromatic N) is 3. The van der Waals surface area contributed by atoms with Gasteiger partial charge in [-0.3, -0.25) is 24.0 Å². The Kier molecular flexibility index (Phi) is 9.16. The Morgan fingerprint density at radius 3 is 2.44 bits per heavy atom. The number of nitro groups is 1. The van der Waals surface area contributed by atoms with E-state index in [4.69, 9.17) is 0 Å². The minimum atomic E-state index is -3.99. The molecule has 2 aromatic rings. The molecule has 1 N–H and O–H groups in total. The van der Waals surface area contributed by atoms with E-state index in [0.717, 1.165) is 26.7 Å². The number of benzene rings is 2. The topological polar surface area (TPSA) is 130 Å². The van der Waals surface area contributed by atoms with Crippen molar-refractivity contribution in [2.24, 2.45) is 0 Å². The summed E-state index contributed by atoms with van der Waals surface area (Å²) in [7, 11) is -3.99. The fourth-order valence-corrected chi connectivity index (χ4v) is 4.66. The zero-order valence-electron chi connectivity index (χ0n) is 19.3. The third-order valence-corrected chi connectivity index (χ3v) is 6.73. The second kappa shape index (κ2) is 11.4. The van der Waals surface area contributed by atoms with Crippen molar-refractivity contribution in [3.63, 3.8) is 0 Å². The van der Waals surface area contributed by atoms with E-state index in [2.05, 4.69) is 21.2 Å². The monoisotopic (exact) mass is 554 g/mol. The van der Waals surface area contributed by atoms with Crippen molar-refractivity contribution in [1.29, 1.82) is 0 Å². The van der Waals surface area contributed by atoms with Gasteiger partial charge in [0, 0.05) is 29.7 Å². The molecule has 0 saturated carbocycles. The predicted octanol–water partition coefficient (Wildman–Crippen LogP) is 2.99. The van der Waals surface area contributed by atoms with Gasteiger partial charge in [-0.05, 0) is 44.0 Å². The first-order valence-electron chi connectivity index (χ1n) is 10.4. The van der Waals surface area contributed by atoms with E-state index in [-0.39, 0.29) is 23.8 Å². The fourth-order valence-electron chi connectivity index (χ4n) is 3.31. The van der Waals surface area contributed by atoms with Crippen LogP contribution in [0.4, 0.5) is 11.4 Å². The van der Waals surface area contributed by atoms with Crippen LogP contribution < -0.4 is 9.62 Å². The molecule has 10 nitrogen and oxygen atoms in total. The van der Waals surface area contributed by atoms with Crippen LogP contribution in [0.1, 0.15) is 25.0 Å². The highest BCUT2D eigenvalue weighted by molar-refractivity contribution is 9.10.